The zero-order valence-electron chi connectivity index (χ0n) is 10.3. The summed E-state index contributed by atoms with van der Waals surface area (Å²) in [5.41, 5.74) is 0.141. The molecule has 0 radical (unpaired) electrons. The van der Waals surface area contributed by atoms with Gasteiger partial charge in [-0.25, -0.2) is 9.97 Å². The van der Waals surface area contributed by atoms with Gasteiger partial charge in [-0.05, 0) is 19.8 Å². The Morgan fingerprint density at radius 1 is 1.41 bits per heavy atom. The van der Waals surface area contributed by atoms with E-state index in [0.717, 1.165) is 5.82 Å². The maximum absolute atomic E-state index is 5.97. The monoisotopic (exact) mass is 255 g/mol. The molecule has 0 aromatic carbocycles. The van der Waals surface area contributed by atoms with Crippen LogP contribution in [0.15, 0.2) is 6.07 Å². The lowest BCUT2D eigenvalue weighted by Crippen LogP contribution is -2.31. The molecule has 1 N–H and O–H groups in total. The summed E-state index contributed by atoms with van der Waals surface area (Å²) in [4.78, 5) is 8.51. The summed E-state index contributed by atoms with van der Waals surface area (Å²) in [6, 6.07) is 1.77. The molecule has 0 saturated heterocycles. The molecule has 1 aromatic heterocycles. The van der Waals surface area contributed by atoms with Gasteiger partial charge in [0.1, 0.15) is 17.6 Å². The molecule has 5 heteroatoms. The Morgan fingerprint density at radius 3 is 2.76 bits per heavy atom. The van der Waals surface area contributed by atoms with Crippen LogP contribution in [0.3, 0.4) is 0 Å². The third kappa shape index (κ3) is 3.30. The summed E-state index contributed by atoms with van der Waals surface area (Å²) in [6.07, 6.45) is 4.89. The largest absolute Gasteiger partial charge is 0.377 e. The van der Waals surface area contributed by atoms with Crippen molar-refractivity contribution in [2.75, 3.05) is 12.4 Å². The van der Waals surface area contributed by atoms with Gasteiger partial charge in [0, 0.05) is 18.7 Å². The van der Waals surface area contributed by atoms with Gasteiger partial charge in [-0.2, -0.15) is 0 Å². The van der Waals surface area contributed by atoms with Crippen LogP contribution >= 0.6 is 11.6 Å². The second-order valence-electron chi connectivity index (χ2n) is 4.82. The van der Waals surface area contributed by atoms with Gasteiger partial charge in [0.15, 0.2) is 5.82 Å². The summed E-state index contributed by atoms with van der Waals surface area (Å²) in [6.45, 7) is 2.61. The average Bonchev–Trinajstić information content (AvgIpc) is 2.64. The number of nitrogens with one attached hydrogen (secondary N) is 1. The van der Waals surface area contributed by atoms with Gasteiger partial charge >= 0.3 is 0 Å². The number of aromatic nitrogens is 2. The fraction of sp³-hybridized carbons (Fsp3) is 0.667. The highest BCUT2D eigenvalue weighted by Gasteiger charge is 2.28. The minimum Gasteiger partial charge on any atom is -0.377 e. The predicted molar refractivity (Wildman–Crippen MR) is 68.3 cm³/mol. The number of halogens is 1. The highest BCUT2D eigenvalue weighted by Crippen LogP contribution is 2.32. The molecule has 1 aromatic rings. The maximum Gasteiger partial charge on any atom is 0.158 e. The van der Waals surface area contributed by atoms with Crippen LogP contribution in [-0.2, 0) is 11.3 Å². The molecule has 1 aliphatic carbocycles. The van der Waals surface area contributed by atoms with Crippen LogP contribution in [0, 0.1) is 0 Å². The lowest BCUT2D eigenvalue weighted by molar-refractivity contribution is 0.178. The maximum atomic E-state index is 5.97. The molecule has 1 saturated carbocycles. The van der Waals surface area contributed by atoms with Crippen molar-refractivity contribution < 1.29 is 4.74 Å². The summed E-state index contributed by atoms with van der Waals surface area (Å²) in [5, 5.41) is 3.92. The molecular formula is C12H18ClN3O. The summed E-state index contributed by atoms with van der Waals surface area (Å²) in [7, 11) is 1.62. The normalized spacial score (nSPS) is 18.3. The summed E-state index contributed by atoms with van der Waals surface area (Å²) in [5.74, 6) is 1.41. The molecule has 0 atom stereocenters. The van der Waals surface area contributed by atoms with Crippen LogP contribution in [0.4, 0.5) is 5.82 Å². The van der Waals surface area contributed by atoms with Gasteiger partial charge in [-0.3, -0.25) is 0 Å². The van der Waals surface area contributed by atoms with E-state index in [0.29, 0.717) is 17.6 Å². The van der Waals surface area contributed by atoms with Crippen molar-refractivity contribution in [1.29, 1.82) is 0 Å². The van der Waals surface area contributed by atoms with Gasteiger partial charge in [-0.1, -0.05) is 24.4 Å². The number of anilines is 1. The molecule has 0 aliphatic heterocycles. The topological polar surface area (TPSA) is 47.0 Å². The molecule has 1 fully saturated rings. The van der Waals surface area contributed by atoms with E-state index in [2.05, 4.69) is 22.2 Å². The van der Waals surface area contributed by atoms with Crippen LogP contribution in [0.25, 0.3) is 0 Å². The molecule has 17 heavy (non-hydrogen) atoms. The first-order valence-electron chi connectivity index (χ1n) is 5.92. The fourth-order valence-electron chi connectivity index (χ4n) is 2.31. The van der Waals surface area contributed by atoms with E-state index in [9.17, 15) is 0 Å². The number of rotatable bonds is 4. The third-order valence-electron chi connectivity index (χ3n) is 3.15. The SMILES string of the molecule is COCc1nc(Cl)cc(NC2(C)CCCC2)n1. The molecule has 0 unspecified atom stereocenters. The molecular weight excluding hydrogens is 238 g/mol. The highest BCUT2D eigenvalue weighted by atomic mass is 35.5. The van der Waals surface area contributed by atoms with Gasteiger partial charge < -0.3 is 10.1 Å². The zero-order valence-corrected chi connectivity index (χ0v) is 11.0. The second kappa shape index (κ2) is 5.19. The summed E-state index contributed by atoms with van der Waals surface area (Å²) < 4.78 is 5.02. The number of nitrogens with zero attached hydrogens (tertiary/aromatic N) is 2. The molecule has 4 nitrogen and oxygen atoms in total. The van der Waals surface area contributed by atoms with E-state index >= 15 is 0 Å². The van der Waals surface area contributed by atoms with Crippen LogP contribution in [0.2, 0.25) is 5.15 Å². The van der Waals surface area contributed by atoms with Crippen LogP contribution < -0.4 is 5.32 Å². The van der Waals surface area contributed by atoms with E-state index in [1.165, 1.54) is 25.7 Å². The minimum absolute atomic E-state index is 0.141. The van der Waals surface area contributed by atoms with E-state index in [1.54, 1.807) is 13.2 Å². The standard InChI is InChI=1S/C12H18ClN3O/c1-12(5-3-4-6-12)16-10-7-9(13)14-11(15-10)8-17-2/h7H,3-6,8H2,1-2H3,(H,14,15,16). The van der Waals surface area contributed by atoms with Crippen LogP contribution in [0.1, 0.15) is 38.4 Å². The van der Waals surface area contributed by atoms with E-state index < -0.39 is 0 Å². The van der Waals surface area contributed by atoms with Crippen molar-refractivity contribution in [3.63, 3.8) is 0 Å². The van der Waals surface area contributed by atoms with Gasteiger partial charge in [0.05, 0.1) is 0 Å². The number of hydrogen-bond donors (Lipinski definition) is 1. The smallest absolute Gasteiger partial charge is 0.158 e. The minimum atomic E-state index is 0.141. The molecule has 1 aliphatic rings. The Hall–Kier alpha value is -0.870. The Labute approximate surface area is 107 Å². The Kier molecular flexibility index (Phi) is 3.84. The quantitative estimate of drug-likeness (QED) is 0.841. The number of hydrogen-bond acceptors (Lipinski definition) is 4. The van der Waals surface area contributed by atoms with Crippen LogP contribution in [-0.4, -0.2) is 22.6 Å². The molecule has 1 heterocycles. The van der Waals surface area contributed by atoms with E-state index in [4.69, 9.17) is 16.3 Å². The number of methoxy groups -OCH3 is 1. The molecule has 0 amide bonds. The Morgan fingerprint density at radius 2 is 2.12 bits per heavy atom. The van der Waals surface area contributed by atoms with Crippen molar-refractivity contribution in [1.82, 2.24) is 9.97 Å². The van der Waals surface area contributed by atoms with E-state index in [-0.39, 0.29) is 5.54 Å². The first-order valence-corrected chi connectivity index (χ1v) is 6.30. The van der Waals surface area contributed by atoms with Crippen molar-refractivity contribution in [3.05, 3.63) is 17.0 Å². The predicted octanol–water partition coefficient (Wildman–Crippen LogP) is 3.02. The molecule has 0 spiro atoms. The van der Waals surface area contributed by atoms with E-state index in [1.807, 2.05) is 0 Å². The van der Waals surface area contributed by atoms with Crippen molar-refractivity contribution in [2.45, 2.75) is 44.8 Å². The number of ether oxygens (including phenoxy) is 1. The van der Waals surface area contributed by atoms with Crippen molar-refractivity contribution in [2.24, 2.45) is 0 Å². The second-order valence-corrected chi connectivity index (χ2v) is 5.21. The van der Waals surface area contributed by atoms with Crippen molar-refractivity contribution >= 4 is 17.4 Å². The first-order chi connectivity index (χ1) is 8.11. The summed E-state index contributed by atoms with van der Waals surface area (Å²) >= 11 is 5.97. The van der Waals surface area contributed by atoms with Crippen molar-refractivity contribution in [3.8, 4) is 0 Å². The first kappa shape index (κ1) is 12.6. The zero-order chi connectivity index (χ0) is 12.3. The Balaban J connectivity index is 2.14. The fourth-order valence-corrected chi connectivity index (χ4v) is 2.51. The molecule has 0 bridgehead atoms. The molecule has 94 valence electrons. The third-order valence-corrected chi connectivity index (χ3v) is 3.35. The lowest BCUT2D eigenvalue weighted by Gasteiger charge is -2.26. The molecule has 2 rings (SSSR count). The van der Waals surface area contributed by atoms with Gasteiger partial charge in [-0.15, -0.1) is 0 Å². The van der Waals surface area contributed by atoms with Crippen LogP contribution in [0.5, 0.6) is 0 Å². The van der Waals surface area contributed by atoms with Gasteiger partial charge in [0.25, 0.3) is 0 Å². The van der Waals surface area contributed by atoms with Gasteiger partial charge in [0.2, 0.25) is 0 Å². The highest BCUT2D eigenvalue weighted by molar-refractivity contribution is 6.29. The average molecular weight is 256 g/mol. The lowest BCUT2D eigenvalue weighted by atomic mass is 10.0. The Bertz CT molecular complexity index is 391.